The van der Waals surface area contributed by atoms with Crippen LogP contribution in [0.1, 0.15) is 21.8 Å². The lowest BCUT2D eigenvalue weighted by Gasteiger charge is -2.15. The Balaban J connectivity index is 1.52. The van der Waals surface area contributed by atoms with E-state index in [-0.39, 0.29) is 12.1 Å². The van der Waals surface area contributed by atoms with Crippen LogP contribution in [0.3, 0.4) is 0 Å². The van der Waals surface area contributed by atoms with Gasteiger partial charge in [-0.2, -0.15) is 0 Å². The molecule has 4 rings (SSSR count). The highest BCUT2D eigenvalue weighted by Gasteiger charge is 2.76. The van der Waals surface area contributed by atoms with Crippen LogP contribution in [0.15, 0.2) is 60.7 Å². The molecule has 1 saturated carbocycles. The van der Waals surface area contributed by atoms with E-state index in [0.29, 0.717) is 33.3 Å². The fraction of sp³-hybridized carbons (Fsp3) is 0.167. The average molecular weight is 544 g/mol. The Kier molecular flexibility index (Phi) is 6.80. The van der Waals surface area contributed by atoms with Gasteiger partial charge in [0.15, 0.2) is 0 Å². The van der Waals surface area contributed by atoms with Crippen LogP contribution in [-0.4, -0.2) is 23.1 Å². The Hall–Kier alpha value is -2.38. The molecule has 3 aromatic carbocycles. The van der Waals surface area contributed by atoms with Gasteiger partial charge in [-0.1, -0.05) is 52.5 Å². The Morgan fingerprint density at radius 1 is 0.941 bits per heavy atom. The molecule has 2 unspecified atom stereocenters. The number of hydrogen-bond acceptors (Lipinski definition) is 3. The van der Waals surface area contributed by atoms with Crippen LogP contribution < -0.4 is 10.6 Å². The van der Waals surface area contributed by atoms with Crippen LogP contribution in [0.4, 0.5) is 20.2 Å². The zero-order chi connectivity index (χ0) is 24.7. The molecule has 2 N–H and O–H groups in total. The number of benzene rings is 3. The van der Waals surface area contributed by atoms with Crippen molar-refractivity contribution in [1.29, 1.82) is 0 Å². The summed E-state index contributed by atoms with van der Waals surface area (Å²) in [7, 11) is 0. The summed E-state index contributed by atoms with van der Waals surface area (Å²) in [5, 5.41) is 6.18. The number of aldehydes is 1. The van der Waals surface area contributed by atoms with Crippen molar-refractivity contribution < 1.29 is 18.4 Å². The normalized spacial score (nSPS) is 20.5. The lowest BCUT2D eigenvalue weighted by atomic mass is 10.00. The summed E-state index contributed by atoms with van der Waals surface area (Å²) in [6, 6.07) is 13.8. The van der Waals surface area contributed by atoms with Crippen molar-refractivity contribution in [1.82, 2.24) is 0 Å². The summed E-state index contributed by atoms with van der Waals surface area (Å²) in [5.41, 5.74) is -0.115. The number of rotatable bonds is 7. The molecule has 1 aliphatic rings. The largest absolute Gasteiger partial charge is 0.384 e. The maximum absolute atomic E-state index is 14.3. The van der Waals surface area contributed by atoms with E-state index < -0.39 is 33.2 Å². The zero-order valence-electron chi connectivity index (χ0n) is 17.2. The molecule has 10 heteroatoms. The number of nitrogens with one attached hydrogen (secondary N) is 2. The standard InChI is InChI=1S/C24H16Cl4F2N2O2/c25-18-7-1-13(9-19(18)26)21-23(12-33,24(21,27)28)11-31-16-6-8-20(30)17(10-16)22(34)32-15-4-2-14(29)3-5-15/h1-10,12,21,31H,11H2,(H,32,34). The Morgan fingerprint density at radius 2 is 1.62 bits per heavy atom. The number of hydrogen-bond donors (Lipinski definition) is 2. The van der Waals surface area contributed by atoms with Gasteiger partial charge in [-0.15, -0.1) is 0 Å². The summed E-state index contributed by atoms with van der Waals surface area (Å²) in [6.45, 7) is 0.0130. The van der Waals surface area contributed by atoms with Crippen molar-refractivity contribution in [3.63, 3.8) is 0 Å². The number of amides is 1. The number of halogens is 6. The van der Waals surface area contributed by atoms with Gasteiger partial charge in [-0.05, 0) is 60.2 Å². The molecule has 2 atom stereocenters. The molecule has 176 valence electrons. The van der Waals surface area contributed by atoms with E-state index in [1.807, 2.05) is 0 Å². The van der Waals surface area contributed by atoms with Crippen molar-refractivity contribution in [2.24, 2.45) is 5.41 Å². The van der Waals surface area contributed by atoms with E-state index in [1.165, 1.54) is 36.4 Å². The lowest BCUT2D eigenvalue weighted by molar-refractivity contribution is -0.112. The Morgan fingerprint density at radius 3 is 2.26 bits per heavy atom. The number of anilines is 2. The quantitative estimate of drug-likeness (QED) is 0.247. The fourth-order valence-electron chi connectivity index (χ4n) is 3.87. The third-order valence-corrected chi connectivity index (χ3v) is 7.68. The van der Waals surface area contributed by atoms with Crippen LogP contribution in [-0.2, 0) is 4.79 Å². The Labute approximate surface area is 214 Å². The summed E-state index contributed by atoms with van der Waals surface area (Å²) in [4.78, 5) is 24.6. The van der Waals surface area contributed by atoms with Crippen LogP contribution in [0.25, 0.3) is 0 Å². The number of carbonyl (C=O) groups is 2. The molecular weight excluding hydrogens is 528 g/mol. The molecule has 34 heavy (non-hydrogen) atoms. The van der Waals surface area contributed by atoms with E-state index >= 15 is 0 Å². The Bertz CT molecular complexity index is 1270. The van der Waals surface area contributed by atoms with Crippen LogP contribution >= 0.6 is 46.4 Å². The molecular formula is C24H16Cl4F2N2O2. The summed E-state index contributed by atoms with van der Waals surface area (Å²) in [6.07, 6.45) is 0.679. The third-order valence-electron chi connectivity index (χ3n) is 5.80. The van der Waals surface area contributed by atoms with Crippen LogP contribution in [0, 0.1) is 17.0 Å². The smallest absolute Gasteiger partial charge is 0.258 e. The van der Waals surface area contributed by atoms with Gasteiger partial charge >= 0.3 is 0 Å². The highest BCUT2D eigenvalue weighted by molar-refractivity contribution is 6.54. The predicted molar refractivity (Wildman–Crippen MR) is 131 cm³/mol. The fourth-order valence-corrected chi connectivity index (χ4v) is 5.15. The van der Waals surface area contributed by atoms with E-state index in [4.69, 9.17) is 46.4 Å². The first-order valence-corrected chi connectivity index (χ1v) is 11.5. The first-order valence-electron chi connectivity index (χ1n) is 9.98. The molecule has 0 bridgehead atoms. The molecule has 1 amide bonds. The molecule has 0 saturated heterocycles. The summed E-state index contributed by atoms with van der Waals surface area (Å²) in [5.74, 6) is -2.50. The minimum atomic E-state index is -1.41. The van der Waals surface area contributed by atoms with Crippen molar-refractivity contribution in [3.8, 4) is 0 Å². The lowest BCUT2D eigenvalue weighted by Crippen LogP contribution is -2.23. The van der Waals surface area contributed by atoms with Gasteiger partial charge in [0.05, 0.1) is 21.0 Å². The minimum absolute atomic E-state index is 0.0130. The summed E-state index contributed by atoms with van der Waals surface area (Å²) < 4.78 is 26.0. The topological polar surface area (TPSA) is 58.2 Å². The van der Waals surface area contributed by atoms with E-state index in [1.54, 1.807) is 18.2 Å². The highest BCUT2D eigenvalue weighted by Crippen LogP contribution is 2.73. The first-order chi connectivity index (χ1) is 16.1. The van der Waals surface area contributed by atoms with Crippen LogP contribution in [0.5, 0.6) is 0 Å². The van der Waals surface area contributed by atoms with Crippen molar-refractivity contribution in [3.05, 3.63) is 93.5 Å². The molecule has 0 spiro atoms. The maximum Gasteiger partial charge on any atom is 0.258 e. The van der Waals surface area contributed by atoms with Crippen molar-refractivity contribution >= 4 is 70.0 Å². The van der Waals surface area contributed by atoms with Crippen molar-refractivity contribution in [2.75, 3.05) is 17.2 Å². The van der Waals surface area contributed by atoms with Gasteiger partial charge in [0.2, 0.25) is 0 Å². The predicted octanol–water partition coefficient (Wildman–Crippen LogP) is 7.09. The van der Waals surface area contributed by atoms with Crippen molar-refractivity contribution in [2.45, 2.75) is 10.3 Å². The third kappa shape index (κ3) is 4.48. The molecule has 3 aromatic rings. The molecule has 0 heterocycles. The minimum Gasteiger partial charge on any atom is -0.384 e. The van der Waals surface area contributed by atoms with E-state index in [0.717, 1.165) is 6.07 Å². The van der Waals surface area contributed by atoms with Gasteiger partial charge in [0, 0.05) is 23.8 Å². The number of carbonyl (C=O) groups excluding carboxylic acids is 2. The molecule has 0 radical (unpaired) electrons. The molecule has 1 fully saturated rings. The summed E-state index contributed by atoms with van der Waals surface area (Å²) >= 11 is 25.1. The molecule has 0 aromatic heterocycles. The van der Waals surface area contributed by atoms with Gasteiger partial charge in [-0.25, -0.2) is 8.78 Å². The van der Waals surface area contributed by atoms with Gasteiger partial charge in [-0.3, -0.25) is 4.79 Å². The monoisotopic (exact) mass is 542 g/mol. The maximum atomic E-state index is 14.3. The molecule has 4 nitrogen and oxygen atoms in total. The van der Waals surface area contributed by atoms with E-state index in [2.05, 4.69) is 10.6 Å². The zero-order valence-corrected chi connectivity index (χ0v) is 20.2. The first kappa shape index (κ1) is 24.7. The van der Waals surface area contributed by atoms with Crippen LogP contribution in [0.2, 0.25) is 10.0 Å². The SMILES string of the molecule is O=CC1(CNc2ccc(F)c(C(=O)Nc3ccc(F)cc3)c2)C(c2ccc(Cl)c(Cl)c2)C1(Cl)Cl. The van der Waals surface area contributed by atoms with E-state index in [9.17, 15) is 18.4 Å². The van der Waals surface area contributed by atoms with Gasteiger partial charge in [0.25, 0.3) is 5.91 Å². The molecule has 0 aliphatic heterocycles. The second-order valence-electron chi connectivity index (χ2n) is 7.90. The number of alkyl halides is 2. The van der Waals surface area contributed by atoms with Gasteiger partial charge < -0.3 is 15.4 Å². The second kappa shape index (κ2) is 9.34. The second-order valence-corrected chi connectivity index (χ2v) is 10.1. The molecule has 1 aliphatic carbocycles. The average Bonchev–Trinajstić information content (AvgIpc) is 3.31. The highest BCUT2D eigenvalue weighted by atomic mass is 35.5. The van der Waals surface area contributed by atoms with Gasteiger partial charge in [0.1, 0.15) is 22.3 Å².